The van der Waals surface area contributed by atoms with Gasteiger partial charge in [0.25, 0.3) is 0 Å². The molecule has 0 aliphatic rings. The number of benzene rings is 3. The van der Waals surface area contributed by atoms with Gasteiger partial charge in [0, 0.05) is 15.9 Å². The molecular weight excluding hydrogens is 351 g/mol. The van der Waals surface area contributed by atoms with E-state index in [1.54, 1.807) is 12.1 Å². The molecule has 0 heterocycles. The summed E-state index contributed by atoms with van der Waals surface area (Å²) in [5.74, 6) is -0.995. The molecule has 0 fully saturated rings. The number of aromatic carboxylic acids is 1. The molecule has 3 rings (SSSR count). The Morgan fingerprint density at radius 1 is 0.692 bits per heavy atom. The average Bonchev–Trinajstić information content (AvgIpc) is 2.69. The number of carboxylic acids is 1. The summed E-state index contributed by atoms with van der Waals surface area (Å²) < 4.78 is 14.0. The van der Waals surface area contributed by atoms with Crippen molar-refractivity contribution in [2.24, 2.45) is 0 Å². The molecule has 3 aromatic rings. The summed E-state index contributed by atoms with van der Waals surface area (Å²) in [5, 5.41) is 11.1. The van der Waals surface area contributed by atoms with Gasteiger partial charge in [0.1, 0.15) is 0 Å². The summed E-state index contributed by atoms with van der Waals surface area (Å²) in [7, 11) is -3.02. The summed E-state index contributed by atoms with van der Waals surface area (Å²) in [6.45, 7) is 0. The number of rotatable bonds is 4. The van der Waals surface area contributed by atoms with E-state index in [0.29, 0.717) is 5.30 Å². The van der Waals surface area contributed by atoms with Crippen molar-refractivity contribution in [1.29, 1.82) is 0 Å². The maximum atomic E-state index is 14.0. The largest absolute Gasteiger partial charge is 0.478 e. The molecule has 130 valence electrons. The minimum Gasteiger partial charge on any atom is -0.478 e. The number of hydrogen-bond donors (Lipinski definition) is 1. The van der Waals surface area contributed by atoms with Gasteiger partial charge >= 0.3 is 12.1 Å². The monoisotopic (exact) mass is 366 g/mol. The molecule has 3 aromatic carbocycles. The van der Waals surface area contributed by atoms with Crippen molar-refractivity contribution in [3.8, 4) is 0 Å². The lowest BCUT2D eigenvalue weighted by atomic mass is 10.2. The Bertz CT molecular complexity index is 901. The molecule has 0 unspecified atom stereocenters. The highest BCUT2D eigenvalue weighted by Gasteiger charge is 2.29. The summed E-state index contributed by atoms with van der Waals surface area (Å²) in [5.41, 5.74) is 0.182. The van der Waals surface area contributed by atoms with E-state index >= 15 is 0 Å². The topological polar surface area (TPSA) is 88.5 Å². The first-order chi connectivity index (χ1) is 12.5. The first-order valence-corrected chi connectivity index (χ1v) is 9.29. The van der Waals surface area contributed by atoms with Crippen LogP contribution in [0.3, 0.4) is 0 Å². The fourth-order valence-electron chi connectivity index (χ4n) is 2.54. The molecule has 0 amide bonds. The van der Waals surface area contributed by atoms with E-state index in [1.807, 2.05) is 60.7 Å². The van der Waals surface area contributed by atoms with Crippen molar-refractivity contribution >= 4 is 35.2 Å². The van der Waals surface area contributed by atoms with Crippen LogP contribution < -0.4 is 15.9 Å². The van der Waals surface area contributed by atoms with Crippen LogP contribution in [0.5, 0.6) is 0 Å². The van der Waals surface area contributed by atoms with Gasteiger partial charge in [-0.1, -0.05) is 72.8 Å². The van der Waals surface area contributed by atoms with E-state index in [1.165, 1.54) is 12.1 Å². The number of carbonyl (C=O) groups excluding carboxylic acids is 2. The molecule has 6 heteroatoms. The standard InChI is InChI=1S/C19H15O3P.CO2/c20-19(21)15-11-13-18(14-12-15)23(22,16-7-3-1-4-8-16)17-9-5-2-6-10-17;2-1-3/h1-14H,(H,20,21);. The van der Waals surface area contributed by atoms with Gasteiger partial charge in [-0.15, -0.1) is 0 Å². The first-order valence-electron chi connectivity index (χ1n) is 7.58. The molecule has 5 nitrogen and oxygen atoms in total. The molecule has 0 aliphatic carbocycles. The summed E-state index contributed by atoms with van der Waals surface area (Å²) >= 11 is 0. The second-order valence-corrected chi connectivity index (χ2v) is 7.98. The van der Waals surface area contributed by atoms with E-state index in [-0.39, 0.29) is 11.7 Å². The van der Waals surface area contributed by atoms with Crippen LogP contribution in [0, 0.1) is 0 Å². The smallest absolute Gasteiger partial charge is 0.373 e. The lowest BCUT2D eigenvalue weighted by Crippen LogP contribution is -2.25. The summed E-state index contributed by atoms with van der Waals surface area (Å²) in [4.78, 5) is 27.3. The van der Waals surface area contributed by atoms with Crippen molar-refractivity contribution in [3.05, 3.63) is 90.5 Å². The van der Waals surface area contributed by atoms with Gasteiger partial charge in [-0.2, -0.15) is 9.59 Å². The van der Waals surface area contributed by atoms with Gasteiger partial charge in [0.2, 0.25) is 0 Å². The Labute approximate surface area is 150 Å². The minimum absolute atomic E-state index is 0.182. The average molecular weight is 366 g/mol. The third-order valence-electron chi connectivity index (χ3n) is 3.72. The second kappa shape index (κ2) is 8.72. The highest BCUT2D eigenvalue weighted by atomic mass is 31.2. The molecule has 0 radical (unpaired) electrons. The lowest BCUT2D eigenvalue weighted by molar-refractivity contribution is -0.191. The van der Waals surface area contributed by atoms with E-state index in [9.17, 15) is 9.36 Å². The molecule has 0 bridgehead atoms. The molecule has 0 spiro atoms. The molecule has 0 saturated carbocycles. The Balaban J connectivity index is 0.000000758. The molecule has 0 atom stereocenters. The van der Waals surface area contributed by atoms with Crippen LogP contribution in [0.15, 0.2) is 84.9 Å². The Kier molecular flexibility index (Phi) is 6.40. The maximum Gasteiger partial charge on any atom is 0.373 e. The SMILES string of the molecule is O=C(O)c1ccc(P(=O)(c2ccccc2)c2ccccc2)cc1.O=C=O. The van der Waals surface area contributed by atoms with Crippen molar-refractivity contribution < 1.29 is 24.1 Å². The molecule has 0 aromatic heterocycles. The van der Waals surface area contributed by atoms with E-state index in [2.05, 4.69) is 0 Å². The van der Waals surface area contributed by atoms with Gasteiger partial charge in [-0.05, 0) is 12.1 Å². The van der Waals surface area contributed by atoms with Crippen LogP contribution in [-0.2, 0) is 14.2 Å². The number of carboxylic acid groups (broad SMARTS) is 1. The van der Waals surface area contributed by atoms with Gasteiger partial charge in [0.15, 0.2) is 7.14 Å². The zero-order chi connectivity index (χ0) is 19.0. The maximum absolute atomic E-state index is 14.0. The van der Waals surface area contributed by atoms with Crippen molar-refractivity contribution in [2.45, 2.75) is 0 Å². The highest BCUT2D eigenvalue weighted by molar-refractivity contribution is 7.85. The Morgan fingerprint density at radius 2 is 1.04 bits per heavy atom. The van der Waals surface area contributed by atoms with E-state index < -0.39 is 13.1 Å². The van der Waals surface area contributed by atoms with Crippen LogP contribution in [0.2, 0.25) is 0 Å². The Morgan fingerprint density at radius 3 is 1.38 bits per heavy atom. The van der Waals surface area contributed by atoms with Crippen LogP contribution in [0.1, 0.15) is 10.4 Å². The Hall–Kier alpha value is -3.26. The van der Waals surface area contributed by atoms with Gasteiger partial charge < -0.3 is 9.67 Å². The van der Waals surface area contributed by atoms with Gasteiger partial charge in [0.05, 0.1) is 5.56 Å². The van der Waals surface area contributed by atoms with Gasteiger partial charge in [-0.25, -0.2) is 4.79 Å². The second-order valence-electron chi connectivity index (χ2n) is 5.22. The third-order valence-corrected chi connectivity index (χ3v) is 6.79. The normalized spacial score (nSPS) is 10.2. The minimum atomic E-state index is -3.02. The zero-order valence-electron chi connectivity index (χ0n) is 13.6. The van der Waals surface area contributed by atoms with Crippen LogP contribution >= 0.6 is 7.14 Å². The fourth-order valence-corrected chi connectivity index (χ4v) is 5.18. The van der Waals surface area contributed by atoms with Crippen LogP contribution in [0.4, 0.5) is 0 Å². The van der Waals surface area contributed by atoms with Gasteiger partial charge in [-0.3, -0.25) is 0 Å². The van der Waals surface area contributed by atoms with Crippen molar-refractivity contribution in [2.75, 3.05) is 0 Å². The highest BCUT2D eigenvalue weighted by Crippen LogP contribution is 2.42. The third kappa shape index (κ3) is 4.04. The predicted octanol–water partition coefficient (Wildman–Crippen LogP) is 2.44. The predicted molar refractivity (Wildman–Crippen MR) is 97.8 cm³/mol. The van der Waals surface area contributed by atoms with E-state index in [0.717, 1.165) is 10.6 Å². The fraction of sp³-hybridized carbons (Fsp3) is 0. The molecular formula is C20H15O5P. The number of hydrogen-bond acceptors (Lipinski definition) is 4. The molecule has 0 saturated heterocycles. The van der Waals surface area contributed by atoms with E-state index in [4.69, 9.17) is 14.7 Å². The molecule has 0 aliphatic heterocycles. The number of carbonyl (C=O) groups is 1. The summed E-state index contributed by atoms with van der Waals surface area (Å²) in [6.07, 6.45) is 0.250. The van der Waals surface area contributed by atoms with Crippen molar-refractivity contribution in [3.63, 3.8) is 0 Å². The lowest BCUT2D eigenvalue weighted by Gasteiger charge is -2.20. The molecule has 26 heavy (non-hydrogen) atoms. The molecule has 1 N–H and O–H groups in total. The zero-order valence-corrected chi connectivity index (χ0v) is 14.5. The summed E-state index contributed by atoms with van der Waals surface area (Å²) in [6, 6.07) is 24.9. The van der Waals surface area contributed by atoms with Crippen molar-refractivity contribution in [1.82, 2.24) is 0 Å². The quantitative estimate of drug-likeness (QED) is 0.717. The van der Waals surface area contributed by atoms with Crippen LogP contribution in [-0.4, -0.2) is 17.2 Å². The van der Waals surface area contributed by atoms with Crippen LogP contribution in [0.25, 0.3) is 0 Å². The first kappa shape index (κ1) is 19.1.